The van der Waals surface area contributed by atoms with Gasteiger partial charge >= 0.3 is 0 Å². The van der Waals surface area contributed by atoms with Gasteiger partial charge in [0.05, 0.1) is 12.3 Å². The lowest BCUT2D eigenvalue weighted by Gasteiger charge is -2.11. The van der Waals surface area contributed by atoms with Gasteiger partial charge < -0.3 is 0 Å². The van der Waals surface area contributed by atoms with E-state index < -0.39 is 0 Å². The van der Waals surface area contributed by atoms with E-state index in [1.165, 1.54) is 17.3 Å². The fourth-order valence-corrected chi connectivity index (χ4v) is 4.31. The summed E-state index contributed by atoms with van der Waals surface area (Å²) in [6.07, 6.45) is 3.49. The highest BCUT2D eigenvalue weighted by atomic mass is 32.2. The van der Waals surface area contributed by atoms with Crippen molar-refractivity contribution in [3.05, 3.63) is 94.8 Å². The average molecular weight is 429 g/mol. The van der Waals surface area contributed by atoms with Gasteiger partial charge in [-0.3, -0.25) is 14.3 Å². The first-order chi connectivity index (χ1) is 15.0. The van der Waals surface area contributed by atoms with Crippen molar-refractivity contribution < 1.29 is 4.79 Å². The van der Waals surface area contributed by atoms with Crippen LogP contribution in [-0.2, 0) is 6.54 Å². The highest BCUT2D eigenvalue weighted by molar-refractivity contribution is 7.99. The number of Topliss-reactive ketones (excluding diaryl/α,β-unsaturated/α-hetero) is 1. The molecule has 0 radical (unpaired) electrons. The van der Waals surface area contributed by atoms with Crippen LogP contribution < -0.4 is 0 Å². The van der Waals surface area contributed by atoms with E-state index >= 15 is 0 Å². The van der Waals surface area contributed by atoms with Crippen LogP contribution in [0.15, 0.2) is 72.1 Å². The maximum atomic E-state index is 13.0. The van der Waals surface area contributed by atoms with E-state index in [2.05, 4.69) is 44.9 Å². The highest BCUT2D eigenvalue weighted by Crippen LogP contribution is 2.26. The van der Waals surface area contributed by atoms with Crippen molar-refractivity contribution in [2.45, 2.75) is 32.5 Å². The van der Waals surface area contributed by atoms with E-state index in [0.717, 1.165) is 38.8 Å². The molecule has 0 aliphatic heterocycles. The predicted molar refractivity (Wildman–Crippen MR) is 125 cm³/mol. The maximum Gasteiger partial charge on any atom is 0.192 e. The molecule has 0 saturated carbocycles. The molecule has 2 heterocycles. The minimum atomic E-state index is 0.102. The molecule has 4 rings (SSSR count). The first-order valence-corrected chi connectivity index (χ1v) is 11.1. The Morgan fingerprint density at radius 3 is 2.35 bits per heavy atom. The molecule has 2 aromatic carbocycles. The quantitative estimate of drug-likeness (QED) is 0.296. The van der Waals surface area contributed by atoms with Gasteiger partial charge in [0, 0.05) is 23.5 Å². The Labute approximate surface area is 186 Å². The van der Waals surface area contributed by atoms with Gasteiger partial charge in [0.2, 0.25) is 0 Å². The number of carbonyl (C=O) groups excluding carboxylic acids is 1. The molecule has 0 fully saturated rings. The third kappa shape index (κ3) is 4.75. The average Bonchev–Trinajstić information content (AvgIpc) is 3.18. The number of pyridine rings is 1. The molecule has 156 valence electrons. The number of ketones is 1. The van der Waals surface area contributed by atoms with E-state index in [1.807, 2.05) is 50.2 Å². The Balaban J connectivity index is 1.61. The third-order valence-electron chi connectivity index (χ3n) is 5.31. The van der Waals surface area contributed by atoms with Crippen LogP contribution in [0, 0.1) is 20.8 Å². The van der Waals surface area contributed by atoms with Gasteiger partial charge in [-0.2, -0.15) is 0 Å². The number of rotatable bonds is 7. The van der Waals surface area contributed by atoms with Crippen molar-refractivity contribution in [3.63, 3.8) is 0 Å². The Kier molecular flexibility index (Phi) is 6.28. The molecule has 0 N–H and O–H groups in total. The summed E-state index contributed by atoms with van der Waals surface area (Å²) < 4.78 is 2.07. The molecular weight excluding hydrogens is 404 g/mol. The predicted octanol–water partition coefficient (Wildman–Crippen LogP) is 5.29. The largest absolute Gasteiger partial charge is 0.298 e. The zero-order valence-electron chi connectivity index (χ0n) is 17.9. The molecule has 4 aromatic rings. The molecular formula is C25H24N4OS. The number of benzene rings is 2. The Hall–Kier alpha value is -3.25. The topological polar surface area (TPSA) is 60.7 Å². The van der Waals surface area contributed by atoms with E-state index in [9.17, 15) is 4.79 Å². The molecule has 0 atom stereocenters. The summed E-state index contributed by atoms with van der Waals surface area (Å²) in [7, 11) is 0. The number of aryl methyl sites for hydroxylation is 3. The molecule has 0 unspecified atom stereocenters. The maximum absolute atomic E-state index is 13.0. The van der Waals surface area contributed by atoms with Crippen molar-refractivity contribution in [1.82, 2.24) is 19.7 Å². The fourth-order valence-electron chi connectivity index (χ4n) is 3.49. The number of hydrogen-bond donors (Lipinski definition) is 0. The van der Waals surface area contributed by atoms with Gasteiger partial charge in [-0.1, -0.05) is 48.2 Å². The normalized spacial score (nSPS) is 10.9. The van der Waals surface area contributed by atoms with Crippen LogP contribution in [-0.4, -0.2) is 31.3 Å². The number of thioether (sulfide) groups is 1. The van der Waals surface area contributed by atoms with Gasteiger partial charge in [-0.15, -0.1) is 10.2 Å². The summed E-state index contributed by atoms with van der Waals surface area (Å²) in [5.41, 5.74) is 6.21. The van der Waals surface area contributed by atoms with Gasteiger partial charge in [0.15, 0.2) is 16.8 Å². The van der Waals surface area contributed by atoms with Gasteiger partial charge in [-0.25, -0.2) is 0 Å². The summed E-state index contributed by atoms with van der Waals surface area (Å²) in [4.78, 5) is 17.1. The lowest BCUT2D eigenvalue weighted by molar-refractivity contribution is 0.102. The number of nitrogens with zero attached hydrogens (tertiary/aromatic N) is 4. The summed E-state index contributed by atoms with van der Waals surface area (Å²) in [6, 6.07) is 18.1. The number of hydrogen-bond acceptors (Lipinski definition) is 5. The van der Waals surface area contributed by atoms with Crippen molar-refractivity contribution in [1.29, 1.82) is 0 Å². The standard InChI is InChI=1S/C25H24N4OS/c1-17-13-19(3)22(14-18(17)2)23(30)16-31-25-28-27-24(21-9-11-26-12-10-21)29(25)15-20-7-5-4-6-8-20/h4-14H,15-16H2,1-3H3. The molecule has 5 nitrogen and oxygen atoms in total. The zero-order chi connectivity index (χ0) is 21.8. The lowest BCUT2D eigenvalue weighted by atomic mass is 9.99. The smallest absolute Gasteiger partial charge is 0.192 e. The first kappa shape index (κ1) is 21.0. The second-order valence-corrected chi connectivity index (χ2v) is 8.52. The summed E-state index contributed by atoms with van der Waals surface area (Å²) >= 11 is 1.43. The molecule has 0 aliphatic rings. The van der Waals surface area contributed by atoms with Crippen LogP contribution in [0.5, 0.6) is 0 Å². The van der Waals surface area contributed by atoms with Gasteiger partial charge in [0.25, 0.3) is 0 Å². The van der Waals surface area contributed by atoms with Gasteiger partial charge in [0.1, 0.15) is 0 Å². The molecule has 2 aromatic heterocycles. The molecule has 31 heavy (non-hydrogen) atoms. The molecule has 0 spiro atoms. The Morgan fingerprint density at radius 1 is 0.903 bits per heavy atom. The van der Waals surface area contributed by atoms with Crippen LogP contribution in [0.2, 0.25) is 0 Å². The molecule has 0 bridgehead atoms. The monoisotopic (exact) mass is 428 g/mol. The van der Waals surface area contributed by atoms with Crippen LogP contribution in [0.4, 0.5) is 0 Å². The van der Waals surface area contributed by atoms with Crippen molar-refractivity contribution >= 4 is 17.5 Å². The SMILES string of the molecule is Cc1cc(C)c(C(=O)CSc2nnc(-c3ccncc3)n2Cc2ccccc2)cc1C. The minimum absolute atomic E-state index is 0.102. The van der Waals surface area contributed by atoms with Crippen molar-refractivity contribution in [3.8, 4) is 11.4 Å². The first-order valence-electron chi connectivity index (χ1n) is 10.1. The Morgan fingerprint density at radius 2 is 1.61 bits per heavy atom. The number of aromatic nitrogens is 4. The minimum Gasteiger partial charge on any atom is -0.298 e. The Bertz CT molecular complexity index is 1200. The fraction of sp³-hybridized carbons (Fsp3) is 0.200. The van der Waals surface area contributed by atoms with Crippen molar-refractivity contribution in [2.24, 2.45) is 0 Å². The van der Waals surface area contributed by atoms with Crippen LogP contribution in [0.1, 0.15) is 32.6 Å². The van der Waals surface area contributed by atoms with Gasteiger partial charge in [-0.05, 0) is 61.2 Å². The molecule has 6 heteroatoms. The summed E-state index contributed by atoms with van der Waals surface area (Å²) in [6.45, 7) is 6.72. The zero-order valence-corrected chi connectivity index (χ0v) is 18.7. The van der Waals surface area contributed by atoms with E-state index in [1.54, 1.807) is 12.4 Å². The lowest BCUT2D eigenvalue weighted by Crippen LogP contribution is -2.08. The van der Waals surface area contributed by atoms with E-state index in [0.29, 0.717) is 12.3 Å². The number of carbonyl (C=O) groups is 1. The second-order valence-electron chi connectivity index (χ2n) is 7.58. The summed E-state index contributed by atoms with van der Waals surface area (Å²) in [5.74, 6) is 1.18. The summed E-state index contributed by atoms with van der Waals surface area (Å²) in [5, 5.41) is 9.57. The van der Waals surface area contributed by atoms with Crippen molar-refractivity contribution in [2.75, 3.05) is 5.75 Å². The third-order valence-corrected chi connectivity index (χ3v) is 6.28. The molecule has 0 amide bonds. The van der Waals surface area contributed by atoms with Crippen LogP contribution in [0.25, 0.3) is 11.4 Å². The molecule has 0 saturated heterocycles. The van der Waals surface area contributed by atoms with Crippen LogP contribution >= 0.6 is 11.8 Å². The van der Waals surface area contributed by atoms with Crippen LogP contribution in [0.3, 0.4) is 0 Å². The van der Waals surface area contributed by atoms with E-state index in [-0.39, 0.29) is 5.78 Å². The highest BCUT2D eigenvalue weighted by Gasteiger charge is 2.18. The van der Waals surface area contributed by atoms with E-state index in [4.69, 9.17) is 0 Å². The molecule has 0 aliphatic carbocycles. The second kappa shape index (κ2) is 9.27.